The first kappa shape index (κ1) is 21.7. The zero-order valence-corrected chi connectivity index (χ0v) is 18.8. The predicted molar refractivity (Wildman–Crippen MR) is 120 cm³/mol. The van der Waals surface area contributed by atoms with Crippen LogP contribution >= 0.6 is 12.2 Å². The number of anilines is 2. The number of aromatic nitrogens is 4. The minimum atomic E-state index is -3.78. The second-order valence-electron chi connectivity index (χ2n) is 6.76. The van der Waals surface area contributed by atoms with Crippen LogP contribution in [0.15, 0.2) is 47.6 Å². The quantitative estimate of drug-likeness (QED) is 0.558. The van der Waals surface area contributed by atoms with Crippen molar-refractivity contribution in [1.82, 2.24) is 24.6 Å². The van der Waals surface area contributed by atoms with E-state index >= 15 is 0 Å². The molecule has 158 valence electrons. The summed E-state index contributed by atoms with van der Waals surface area (Å²) in [5.74, 6) is 0.0171. The van der Waals surface area contributed by atoms with Gasteiger partial charge in [0, 0.05) is 50.0 Å². The van der Waals surface area contributed by atoms with E-state index in [2.05, 4.69) is 25.1 Å². The molecule has 0 atom stereocenters. The van der Waals surface area contributed by atoms with Crippen molar-refractivity contribution in [1.29, 1.82) is 0 Å². The third-order valence-corrected chi connectivity index (χ3v) is 6.37. The molecule has 2 aromatic heterocycles. The van der Waals surface area contributed by atoms with Crippen molar-refractivity contribution in [3.05, 3.63) is 59.7 Å². The second-order valence-corrected chi connectivity index (χ2v) is 8.83. The fourth-order valence-electron chi connectivity index (χ4n) is 2.82. The number of nitrogens with zero attached hydrogens (tertiary/aromatic N) is 5. The second kappa shape index (κ2) is 8.76. The number of thiocarbonyl (C=S) groups is 1. The van der Waals surface area contributed by atoms with E-state index < -0.39 is 10.0 Å². The lowest BCUT2D eigenvalue weighted by molar-refractivity contribution is 0.505. The monoisotopic (exact) mass is 445 g/mol. The first-order valence-corrected chi connectivity index (χ1v) is 11.0. The van der Waals surface area contributed by atoms with Crippen LogP contribution in [0.1, 0.15) is 17.0 Å². The van der Waals surface area contributed by atoms with E-state index in [1.54, 1.807) is 18.2 Å². The number of aryl methyl sites for hydroxylation is 2. The molecule has 1 aromatic carbocycles. The minimum Gasteiger partial charge on any atom is -0.348 e. The third kappa shape index (κ3) is 4.92. The number of rotatable bonds is 6. The van der Waals surface area contributed by atoms with Crippen LogP contribution < -0.4 is 10.0 Å². The van der Waals surface area contributed by atoms with Crippen LogP contribution in [0.5, 0.6) is 0 Å². The van der Waals surface area contributed by atoms with E-state index in [9.17, 15) is 8.42 Å². The van der Waals surface area contributed by atoms with E-state index in [0.717, 1.165) is 17.0 Å². The molecule has 2 heterocycles. The number of sulfonamides is 1. The molecule has 3 aromatic rings. The molecule has 2 N–H and O–H groups in total. The maximum Gasteiger partial charge on any atom is 0.264 e. The molecule has 3 rings (SSSR count). The Balaban J connectivity index is 1.65. The minimum absolute atomic E-state index is 0.0171. The molecule has 0 aliphatic rings. The zero-order valence-electron chi connectivity index (χ0n) is 17.1. The third-order valence-electron chi connectivity index (χ3n) is 4.61. The molecular formula is C19H23N7O2S2. The summed E-state index contributed by atoms with van der Waals surface area (Å²) < 4.78 is 29.1. The topological polar surface area (TPSA) is 105 Å². The number of hydrogen-bond donors (Lipinski definition) is 2. The van der Waals surface area contributed by atoms with Crippen molar-refractivity contribution >= 4 is 39.0 Å². The summed E-state index contributed by atoms with van der Waals surface area (Å²) in [6.45, 7) is 4.61. The maximum atomic E-state index is 12.5. The normalized spacial score (nSPS) is 11.2. The molecule has 0 aliphatic carbocycles. The van der Waals surface area contributed by atoms with Crippen LogP contribution in [0, 0.1) is 13.8 Å². The molecule has 0 aliphatic heterocycles. The van der Waals surface area contributed by atoms with Gasteiger partial charge in [0.25, 0.3) is 10.0 Å². The Morgan fingerprint density at radius 1 is 1.17 bits per heavy atom. The van der Waals surface area contributed by atoms with E-state index in [4.69, 9.17) is 12.2 Å². The van der Waals surface area contributed by atoms with Gasteiger partial charge in [-0.15, -0.1) is 0 Å². The van der Waals surface area contributed by atoms with Gasteiger partial charge >= 0.3 is 0 Å². The smallest absolute Gasteiger partial charge is 0.264 e. The molecule has 0 saturated heterocycles. The van der Waals surface area contributed by atoms with Crippen molar-refractivity contribution in [2.24, 2.45) is 7.05 Å². The fourth-order valence-corrected chi connectivity index (χ4v) is 3.96. The largest absolute Gasteiger partial charge is 0.348 e. The Morgan fingerprint density at radius 2 is 1.80 bits per heavy atom. The predicted octanol–water partition coefficient (Wildman–Crippen LogP) is 2.46. The average Bonchev–Trinajstić information content (AvgIpc) is 2.94. The Labute approximate surface area is 181 Å². The molecule has 11 heteroatoms. The van der Waals surface area contributed by atoms with Gasteiger partial charge in [-0.1, -0.05) is 0 Å². The van der Waals surface area contributed by atoms with Crippen LogP contribution in [0.4, 0.5) is 11.6 Å². The van der Waals surface area contributed by atoms with Crippen LogP contribution in [-0.4, -0.2) is 45.2 Å². The highest BCUT2D eigenvalue weighted by molar-refractivity contribution is 7.92. The summed E-state index contributed by atoms with van der Waals surface area (Å²) in [6, 6.07) is 7.90. The van der Waals surface area contributed by atoms with Gasteiger partial charge in [0.15, 0.2) is 5.11 Å². The first-order valence-electron chi connectivity index (χ1n) is 9.08. The summed E-state index contributed by atoms with van der Waals surface area (Å²) in [4.78, 5) is 9.75. The summed E-state index contributed by atoms with van der Waals surface area (Å²) in [7, 11) is 0.0281. The molecule has 0 fully saturated rings. The van der Waals surface area contributed by atoms with E-state index in [-0.39, 0.29) is 10.8 Å². The van der Waals surface area contributed by atoms with E-state index in [1.807, 2.05) is 37.5 Å². The first-order chi connectivity index (χ1) is 14.2. The van der Waals surface area contributed by atoms with Crippen LogP contribution in [0.25, 0.3) is 0 Å². The highest BCUT2D eigenvalue weighted by Gasteiger charge is 2.16. The summed E-state index contributed by atoms with van der Waals surface area (Å²) in [6.07, 6.45) is 2.92. The molecule has 0 spiro atoms. The van der Waals surface area contributed by atoms with Gasteiger partial charge in [-0.25, -0.2) is 23.1 Å². The van der Waals surface area contributed by atoms with Gasteiger partial charge < -0.3 is 10.2 Å². The highest BCUT2D eigenvalue weighted by Crippen LogP contribution is 2.18. The van der Waals surface area contributed by atoms with Gasteiger partial charge in [0.05, 0.1) is 10.6 Å². The summed E-state index contributed by atoms with van der Waals surface area (Å²) >= 11 is 5.48. The molecule has 0 unspecified atom stereocenters. The number of hydrogen-bond acceptors (Lipinski definition) is 6. The standard InChI is InChI=1S/C19H23N7O2S2/c1-13-17(14(2)26(4)23-13)12-25(3)19(29)22-15-6-8-16(9-7-15)30(27,28)24-18-20-10-5-11-21-18/h5-11H,12H2,1-4H3,(H,22,29)(H,20,21,24). The van der Waals surface area contributed by atoms with Gasteiger partial charge in [-0.2, -0.15) is 5.10 Å². The van der Waals surface area contributed by atoms with Crippen molar-refractivity contribution in [3.63, 3.8) is 0 Å². The van der Waals surface area contributed by atoms with Crippen LogP contribution in [0.3, 0.4) is 0 Å². The summed E-state index contributed by atoms with van der Waals surface area (Å²) in [5.41, 5.74) is 3.86. The van der Waals surface area contributed by atoms with Crippen molar-refractivity contribution in [3.8, 4) is 0 Å². The van der Waals surface area contributed by atoms with Crippen LogP contribution in [-0.2, 0) is 23.6 Å². The van der Waals surface area contributed by atoms with Gasteiger partial charge in [0.1, 0.15) is 0 Å². The molecule has 9 nitrogen and oxygen atoms in total. The molecule has 0 saturated carbocycles. The highest BCUT2D eigenvalue weighted by atomic mass is 32.2. The Kier molecular flexibility index (Phi) is 6.32. The average molecular weight is 446 g/mol. The Morgan fingerprint density at radius 3 is 2.37 bits per heavy atom. The van der Waals surface area contributed by atoms with Gasteiger partial charge in [-0.05, 0) is 56.4 Å². The number of benzene rings is 1. The van der Waals surface area contributed by atoms with Gasteiger partial charge in [-0.3, -0.25) is 4.68 Å². The van der Waals surface area contributed by atoms with E-state index in [0.29, 0.717) is 17.3 Å². The molecule has 0 bridgehead atoms. The molecule has 30 heavy (non-hydrogen) atoms. The summed E-state index contributed by atoms with van der Waals surface area (Å²) in [5, 5.41) is 8.07. The Hall–Kier alpha value is -3.05. The molecule has 0 amide bonds. The van der Waals surface area contributed by atoms with Gasteiger partial charge in [0.2, 0.25) is 5.95 Å². The maximum absolute atomic E-state index is 12.5. The number of nitrogens with one attached hydrogen (secondary N) is 2. The van der Waals surface area contributed by atoms with E-state index in [1.165, 1.54) is 24.5 Å². The van der Waals surface area contributed by atoms with Crippen LogP contribution in [0.2, 0.25) is 0 Å². The zero-order chi connectivity index (χ0) is 21.9. The SMILES string of the molecule is Cc1nn(C)c(C)c1CN(C)C(=S)Nc1ccc(S(=O)(=O)Nc2ncccn2)cc1. The molecule has 0 radical (unpaired) electrons. The Bertz CT molecular complexity index is 1140. The fraction of sp³-hybridized carbons (Fsp3) is 0.263. The lowest BCUT2D eigenvalue weighted by atomic mass is 10.2. The lowest BCUT2D eigenvalue weighted by Gasteiger charge is -2.21. The lowest BCUT2D eigenvalue weighted by Crippen LogP contribution is -2.31. The van der Waals surface area contributed by atoms with Crippen molar-refractivity contribution < 1.29 is 8.42 Å². The van der Waals surface area contributed by atoms with Crippen molar-refractivity contribution in [2.75, 3.05) is 17.1 Å². The van der Waals surface area contributed by atoms with Crippen molar-refractivity contribution in [2.45, 2.75) is 25.3 Å². The molecular weight excluding hydrogens is 422 g/mol.